The predicted molar refractivity (Wildman–Crippen MR) is 144 cm³/mol. The zero-order valence-electron chi connectivity index (χ0n) is 22.9. The summed E-state index contributed by atoms with van der Waals surface area (Å²) in [6.45, 7) is 8.39. The molecule has 2 aliphatic rings. The molecule has 0 saturated carbocycles. The number of piperidine rings is 1. The van der Waals surface area contributed by atoms with Gasteiger partial charge in [0.2, 0.25) is 0 Å². The number of carbonyl (C=O) groups is 2. The van der Waals surface area contributed by atoms with Crippen LogP contribution in [0, 0.1) is 6.92 Å². The van der Waals surface area contributed by atoms with Crippen LogP contribution in [0.1, 0.15) is 68.8 Å². The molecule has 2 aromatic rings. The summed E-state index contributed by atoms with van der Waals surface area (Å²) in [6.07, 6.45) is 1.89. The number of nitrogens with zero attached hydrogens (tertiary/aromatic N) is 4. The van der Waals surface area contributed by atoms with E-state index in [4.69, 9.17) is 0 Å². The maximum atomic E-state index is 13.6. The number of aryl methyl sites for hydroxylation is 1. The topological polar surface area (TPSA) is 58.4 Å². The number of carbonyl (C=O) groups excluding carboxylic acids is 2. The molecular formula is C29H37F3N4O2. The summed E-state index contributed by atoms with van der Waals surface area (Å²) in [5, 5.41) is 5.38. The first kappa shape index (κ1) is 28.1. The second-order valence-electron chi connectivity index (χ2n) is 10.7. The van der Waals surface area contributed by atoms with Crippen molar-refractivity contribution in [2.75, 3.05) is 31.1 Å². The van der Waals surface area contributed by atoms with Crippen LogP contribution >= 0.6 is 0 Å². The minimum Gasteiger partial charge on any atom is -0.368 e. The second kappa shape index (κ2) is 11.0. The number of halogens is 3. The van der Waals surface area contributed by atoms with Crippen LogP contribution in [0.4, 0.5) is 18.9 Å². The standard InChI is InChI=1S/C29H37F3N4O2/c1-6-36(21-9-11-35(12-10-21)17-29(30,31)32)28-20(4)23(15-25-24(28)16-33-34(25)5)26(37)8-7-22-19(3)13-18(2)14-27(22)38/h13,15-16,21H,6-12,14,17H2,1-5H3. The van der Waals surface area contributed by atoms with Crippen molar-refractivity contribution >= 4 is 28.2 Å². The summed E-state index contributed by atoms with van der Waals surface area (Å²) in [6, 6.07) is 1.96. The number of allylic oxidation sites excluding steroid dienone is 4. The van der Waals surface area contributed by atoms with E-state index < -0.39 is 12.7 Å². The number of likely N-dealkylation sites (tertiary alicyclic amines) is 1. The van der Waals surface area contributed by atoms with Gasteiger partial charge in [-0.2, -0.15) is 18.3 Å². The van der Waals surface area contributed by atoms with E-state index in [1.54, 1.807) is 10.9 Å². The minimum atomic E-state index is -4.20. The molecule has 0 bridgehead atoms. The number of Topliss-reactive ketones (excluding diaryl/α,β-unsaturated/α-hetero) is 2. The van der Waals surface area contributed by atoms with Crippen molar-refractivity contribution in [3.63, 3.8) is 0 Å². The Labute approximate surface area is 222 Å². The number of alkyl halides is 3. The molecule has 4 rings (SSSR count). The smallest absolute Gasteiger partial charge is 0.368 e. The van der Waals surface area contributed by atoms with E-state index in [9.17, 15) is 22.8 Å². The van der Waals surface area contributed by atoms with Gasteiger partial charge in [-0.15, -0.1) is 0 Å². The first-order valence-electron chi connectivity index (χ1n) is 13.3. The lowest BCUT2D eigenvalue weighted by Gasteiger charge is -2.40. The fourth-order valence-electron chi connectivity index (χ4n) is 6.07. The van der Waals surface area contributed by atoms with Crippen molar-refractivity contribution < 1.29 is 22.8 Å². The third kappa shape index (κ3) is 5.87. The molecule has 1 fully saturated rings. The van der Waals surface area contributed by atoms with Gasteiger partial charge in [0.05, 0.1) is 23.9 Å². The van der Waals surface area contributed by atoms with E-state index in [-0.39, 0.29) is 24.0 Å². The van der Waals surface area contributed by atoms with Crippen LogP contribution in [0.25, 0.3) is 10.9 Å². The van der Waals surface area contributed by atoms with Crippen molar-refractivity contribution in [1.29, 1.82) is 0 Å². The highest BCUT2D eigenvalue weighted by atomic mass is 19.4. The van der Waals surface area contributed by atoms with Crippen molar-refractivity contribution in [1.82, 2.24) is 14.7 Å². The number of hydrogen-bond donors (Lipinski definition) is 0. The molecule has 206 valence electrons. The number of fused-ring (bicyclic) bond motifs is 1. The van der Waals surface area contributed by atoms with Gasteiger partial charge in [-0.05, 0) is 69.7 Å². The summed E-state index contributed by atoms with van der Waals surface area (Å²) in [7, 11) is 1.84. The highest BCUT2D eigenvalue weighted by Gasteiger charge is 2.34. The Balaban J connectivity index is 1.62. The van der Waals surface area contributed by atoms with E-state index in [1.165, 1.54) is 4.90 Å². The van der Waals surface area contributed by atoms with Crippen LogP contribution in [0.3, 0.4) is 0 Å². The SMILES string of the molecule is CCN(c1c(C)c(C(=O)CCC2=C(C)C=C(C)CC2=O)cc2c1cnn2C)C1CCN(CC(F)(F)F)CC1. The third-order valence-electron chi connectivity index (χ3n) is 7.93. The Bertz CT molecular complexity index is 1300. The van der Waals surface area contributed by atoms with Crippen LogP contribution in [-0.4, -0.2) is 64.6 Å². The molecule has 9 heteroatoms. The average Bonchev–Trinajstić information content (AvgIpc) is 3.19. The summed E-state index contributed by atoms with van der Waals surface area (Å²) in [4.78, 5) is 29.9. The van der Waals surface area contributed by atoms with Crippen molar-refractivity contribution in [3.8, 4) is 0 Å². The maximum Gasteiger partial charge on any atom is 0.401 e. The van der Waals surface area contributed by atoms with Crippen LogP contribution < -0.4 is 4.90 Å². The molecule has 2 heterocycles. The molecular weight excluding hydrogens is 493 g/mol. The molecule has 1 aliphatic heterocycles. The second-order valence-corrected chi connectivity index (χ2v) is 10.7. The van der Waals surface area contributed by atoms with Gasteiger partial charge in [0.15, 0.2) is 11.6 Å². The van der Waals surface area contributed by atoms with Crippen LogP contribution in [-0.2, 0) is 11.8 Å². The van der Waals surface area contributed by atoms with E-state index in [0.717, 1.165) is 38.9 Å². The first-order valence-corrected chi connectivity index (χ1v) is 13.3. The van der Waals surface area contributed by atoms with Gasteiger partial charge in [0.25, 0.3) is 0 Å². The summed E-state index contributed by atoms with van der Waals surface area (Å²) in [5.41, 5.74) is 5.92. The Morgan fingerprint density at radius 2 is 1.87 bits per heavy atom. The summed E-state index contributed by atoms with van der Waals surface area (Å²) in [5.74, 6) is 0.0612. The lowest BCUT2D eigenvalue weighted by Crippen LogP contribution is -2.47. The zero-order chi connectivity index (χ0) is 27.8. The number of rotatable bonds is 8. The Morgan fingerprint density at radius 3 is 2.47 bits per heavy atom. The lowest BCUT2D eigenvalue weighted by molar-refractivity contribution is -0.147. The van der Waals surface area contributed by atoms with E-state index in [1.807, 2.05) is 46.9 Å². The fourth-order valence-corrected chi connectivity index (χ4v) is 6.07. The number of ketones is 2. The highest BCUT2D eigenvalue weighted by Crippen LogP contribution is 2.37. The molecule has 6 nitrogen and oxygen atoms in total. The molecule has 0 radical (unpaired) electrons. The van der Waals surface area contributed by atoms with Gasteiger partial charge in [-0.3, -0.25) is 19.2 Å². The van der Waals surface area contributed by atoms with Crippen molar-refractivity contribution in [2.24, 2.45) is 7.05 Å². The molecule has 0 unspecified atom stereocenters. The van der Waals surface area contributed by atoms with E-state index in [0.29, 0.717) is 50.9 Å². The van der Waals surface area contributed by atoms with E-state index in [2.05, 4.69) is 10.00 Å². The van der Waals surface area contributed by atoms with Crippen LogP contribution in [0.2, 0.25) is 0 Å². The minimum absolute atomic E-state index is 0.0257. The zero-order valence-corrected chi connectivity index (χ0v) is 22.9. The molecule has 0 spiro atoms. The third-order valence-corrected chi connectivity index (χ3v) is 7.93. The Kier molecular flexibility index (Phi) is 8.16. The van der Waals surface area contributed by atoms with Gasteiger partial charge in [-0.1, -0.05) is 11.6 Å². The van der Waals surface area contributed by atoms with E-state index >= 15 is 0 Å². The number of benzene rings is 1. The quantitative estimate of drug-likeness (QED) is 0.396. The molecule has 1 aromatic heterocycles. The molecule has 0 atom stereocenters. The molecule has 0 amide bonds. The highest BCUT2D eigenvalue weighted by molar-refractivity contribution is 6.07. The number of anilines is 1. The van der Waals surface area contributed by atoms with Crippen molar-refractivity contribution in [3.05, 3.63) is 46.2 Å². The Hall–Kier alpha value is -2.94. The van der Waals surface area contributed by atoms with Gasteiger partial charge < -0.3 is 4.90 Å². The maximum absolute atomic E-state index is 13.6. The predicted octanol–water partition coefficient (Wildman–Crippen LogP) is 5.93. The summed E-state index contributed by atoms with van der Waals surface area (Å²) < 4.78 is 40.5. The van der Waals surface area contributed by atoms with Gasteiger partial charge in [-0.25, -0.2) is 0 Å². The normalized spacial score (nSPS) is 17.9. The lowest BCUT2D eigenvalue weighted by atomic mass is 9.88. The summed E-state index contributed by atoms with van der Waals surface area (Å²) >= 11 is 0. The average molecular weight is 531 g/mol. The molecule has 38 heavy (non-hydrogen) atoms. The van der Waals surface area contributed by atoms with Gasteiger partial charge in [0, 0.05) is 56.5 Å². The monoisotopic (exact) mass is 530 g/mol. The fraction of sp³-hybridized carbons (Fsp3) is 0.552. The Morgan fingerprint density at radius 1 is 1.18 bits per heavy atom. The molecule has 1 aliphatic carbocycles. The molecule has 0 N–H and O–H groups in total. The molecule has 1 saturated heterocycles. The van der Waals surface area contributed by atoms with Crippen LogP contribution in [0.15, 0.2) is 35.1 Å². The van der Waals surface area contributed by atoms with Gasteiger partial charge >= 0.3 is 6.18 Å². The first-order chi connectivity index (χ1) is 17.9. The van der Waals surface area contributed by atoms with Crippen molar-refractivity contribution in [2.45, 2.75) is 72.0 Å². The number of hydrogen-bond acceptors (Lipinski definition) is 5. The largest absolute Gasteiger partial charge is 0.401 e. The molecule has 1 aromatic carbocycles. The van der Waals surface area contributed by atoms with Crippen LogP contribution in [0.5, 0.6) is 0 Å². The number of aromatic nitrogens is 2. The van der Waals surface area contributed by atoms with Gasteiger partial charge in [0.1, 0.15) is 0 Å².